The zero-order valence-corrected chi connectivity index (χ0v) is 6.27. The van der Waals surface area contributed by atoms with Crippen LogP contribution in [0.4, 0.5) is 4.39 Å². The fourth-order valence-corrected chi connectivity index (χ4v) is 1.31. The highest BCUT2D eigenvalue weighted by Crippen LogP contribution is 2.21. The first-order valence-electron chi connectivity index (χ1n) is 3.08. The van der Waals surface area contributed by atoms with Crippen molar-refractivity contribution in [3.05, 3.63) is 16.6 Å². The van der Waals surface area contributed by atoms with Gasteiger partial charge in [0.25, 0.3) is 0 Å². The monoisotopic (exact) mass is 160 g/mol. The first kappa shape index (κ1) is 7.63. The third kappa shape index (κ3) is 1.75. The van der Waals surface area contributed by atoms with E-state index in [1.165, 1.54) is 11.3 Å². The number of alkyl halides is 1. The zero-order valence-electron chi connectivity index (χ0n) is 5.46. The third-order valence-electron chi connectivity index (χ3n) is 1.14. The van der Waals surface area contributed by atoms with Gasteiger partial charge in [-0.2, -0.15) is 0 Å². The van der Waals surface area contributed by atoms with Gasteiger partial charge in [0, 0.05) is 11.6 Å². The molecule has 1 rings (SSSR count). The summed E-state index contributed by atoms with van der Waals surface area (Å²) in [6, 6.07) is 0. The summed E-state index contributed by atoms with van der Waals surface area (Å²) in [6.07, 6.45) is 1.00. The van der Waals surface area contributed by atoms with E-state index in [1.54, 1.807) is 11.6 Å². The fraction of sp³-hybridized carbons (Fsp3) is 0.500. The van der Waals surface area contributed by atoms with E-state index >= 15 is 0 Å². The van der Waals surface area contributed by atoms with Gasteiger partial charge in [-0.05, 0) is 13.0 Å². The molecule has 0 saturated carbocycles. The summed E-state index contributed by atoms with van der Waals surface area (Å²) in [4.78, 5) is 3.82. The van der Waals surface area contributed by atoms with E-state index in [-0.39, 0.29) is 0 Å². The highest BCUT2D eigenvalue weighted by Gasteiger charge is 2.09. The number of hydrogen-bond acceptors (Lipinski definition) is 3. The lowest BCUT2D eigenvalue weighted by Crippen LogP contribution is -2.03. The van der Waals surface area contributed by atoms with Gasteiger partial charge in [0.1, 0.15) is 5.01 Å². The van der Waals surface area contributed by atoms with Crippen molar-refractivity contribution in [3.8, 4) is 0 Å². The molecule has 0 fully saturated rings. The van der Waals surface area contributed by atoms with Crippen LogP contribution in [0.2, 0.25) is 0 Å². The SMILES string of the molecule is NCCC(F)c1nccs1. The van der Waals surface area contributed by atoms with E-state index in [0.717, 1.165) is 0 Å². The van der Waals surface area contributed by atoms with Crippen LogP contribution in [0.25, 0.3) is 0 Å². The Kier molecular flexibility index (Phi) is 2.77. The van der Waals surface area contributed by atoms with Crippen molar-refractivity contribution in [2.45, 2.75) is 12.6 Å². The van der Waals surface area contributed by atoms with Crippen molar-refractivity contribution in [1.82, 2.24) is 4.98 Å². The molecule has 0 saturated heterocycles. The number of nitrogens with two attached hydrogens (primary N) is 1. The molecule has 0 aliphatic heterocycles. The van der Waals surface area contributed by atoms with Gasteiger partial charge in [-0.15, -0.1) is 11.3 Å². The topological polar surface area (TPSA) is 38.9 Å². The van der Waals surface area contributed by atoms with Gasteiger partial charge in [0.15, 0.2) is 6.17 Å². The fourth-order valence-electron chi connectivity index (χ4n) is 0.659. The Morgan fingerprint density at radius 3 is 3.10 bits per heavy atom. The molecule has 1 aromatic rings. The van der Waals surface area contributed by atoms with Gasteiger partial charge >= 0.3 is 0 Å². The summed E-state index contributed by atoms with van der Waals surface area (Å²) in [5, 5.41) is 2.30. The summed E-state index contributed by atoms with van der Waals surface area (Å²) in [5.74, 6) is 0. The number of rotatable bonds is 3. The largest absolute Gasteiger partial charge is 0.330 e. The molecule has 4 heteroatoms. The van der Waals surface area contributed by atoms with Crippen LogP contribution < -0.4 is 5.73 Å². The highest BCUT2D eigenvalue weighted by atomic mass is 32.1. The molecule has 0 amide bonds. The Morgan fingerprint density at radius 2 is 2.60 bits per heavy atom. The predicted octanol–water partition coefficient (Wildman–Crippen LogP) is 1.50. The van der Waals surface area contributed by atoms with Crippen LogP contribution in [-0.4, -0.2) is 11.5 Å². The van der Waals surface area contributed by atoms with Crippen molar-refractivity contribution < 1.29 is 4.39 Å². The van der Waals surface area contributed by atoms with Gasteiger partial charge in [-0.25, -0.2) is 9.37 Å². The molecule has 2 nitrogen and oxygen atoms in total. The molecular formula is C6H9FN2S. The van der Waals surface area contributed by atoms with E-state index in [4.69, 9.17) is 5.73 Å². The second kappa shape index (κ2) is 3.63. The Labute approximate surface area is 62.9 Å². The van der Waals surface area contributed by atoms with Crippen LogP contribution in [-0.2, 0) is 0 Å². The minimum absolute atomic E-state index is 0.369. The third-order valence-corrected chi connectivity index (χ3v) is 2.00. The number of halogens is 1. The quantitative estimate of drug-likeness (QED) is 0.727. The van der Waals surface area contributed by atoms with Crippen molar-refractivity contribution >= 4 is 11.3 Å². The van der Waals surface area contributed by atoms with Crippen LogP contribution >= 0.6 is 11.3 Å². The van der Waals surface area contributed by atoms with Crippen LogP contribution in [0.5, 0.6) is 0 Å². The van der Waals surface area contributed by atoms with E-state index in [9.17, 15) is 4.39 Å². The number of thiazole rings is 1. The minimum Gasteiger partial charge on any atom is -0.330 e. The minimum atomic E-state index is -0.968. The molecule has 1 heterocycles. The first-order chi connectivity index (χ1) is 4.84. The summed E-state index contributed by atoms with van der Waals surface area (Å²) >= 11 is 1.33. The first-order valence-corrected chi connectivity index (χ1v) is 3.96. The lowest BCUT2D eigenvalue weighted by molar-refractivity contribution is 0.326. The molecule has 0 aliphatic carbocycles. The molecule has 0 spiro atoms. The zero-order chi connectivity index (χ0) is 7.40. The molecule has 56 valence electrons. The standard InChI is InChI=1S/C6H9FN2S/c7-5(1-2-8)6-9-3-4-10-6/h3-5H,1-2,8H2. The van der Waals surface area contributed by atoms with Gasteiger partial charge in [0.2, 0.25) is 0 Å². The van der Waals surface area contributed by atoms with Crippen LogP contribution in [0, 0.1) is 0 Å². The molecule has 0 radical (unpaired) electrons. The van der Waals surface area contributed by atoms with E-state index < -0.39 is 6.17 Å². The van der Waals surface area contributed by atoms with E-state index in [0.29, 0.717) is 18.0 Å². The Balaban J connectivity index is 2.50. The van der Waals surface area contributed by atoms with E-state index in [1.807, 2.05) is 0 Å². The predicted molar refractivity (Wildman–Crippen MR) is 39.6 cm³/mol. The van der Waals surface area contributed by atoms with Crippen molar-refractivity contribution in [2.75, 3.05) is 6.54 Å². The van der Waals surface area contributed by atoms with Crippen molar-refractivity contribution in [1.29, 1.82) is 0 Å². The molecule has 10 heavy (non-hydrogen) atoms. The number of aromatic nitrogens is 1. The Morgan fingerprint density at radius 1 is 1.80 bits per heavy atom. The van der Waals surface area contributed by atoms with Crippen LogP contribution in [0.3, 0.4) is 0 Å². The van der Waals surface area contributed by atoms with Crippen LogP contribution in [0.1, 0.15) is 17.6 Å². The van der Waals surface area contributed by atoms with Crippen LogP contribution in [0.15, 0.2) is 11.6 Å². The van der Waals surface area contributed by atoms with Crippen molar-refractivity contribution in [3.63, 3.8) is 0 Å². The summed E-state index contributed by atoms with van der Waals surface area (Å²) in [5.41, 5.74) is 5.17. The smallest absolute Gasteiger partial charge is 0.153 e. The van der Waals surface area contributed by atoms with Gasteiger partial charge in [-0.3, -0.25) is 0 Å². The molecule has 1 unspecified atom stereocenters. The lowest BCUT2D eigenvalue weighted by atomic mass is 10.3. The Hall–Kier alpha value is -0.480. The second-order valence-corrected chi connectivity index (χ2v) is 2.84. The second-order valence-electron chi connectivity index (χ2n) is 1.92. The average Bonchev–Trinajstić information content (AvgIpc) is 2.38. The van der Waals surface area contributed by atoms with Gasteiger partial charge in [0.05, 0.1) is 0 Å². The van der Waals surface area contributed by atoms with Crippen molar-refractivity contribution in [2.24, 2.45) is 5.73 Å². The number of nitrogens with zero attached hydrogens (tertiary/aromatic N) is 1. The molecule has 1 atom stereocenters. The highest BCUT2D eigenvalue weighted by molar-refractivity contribution is 7.09. The maximum Gasteiger partial charge on any atom is 0.153 e. The maximum atomic E-state index is 12.8. The molecule has 0 bridgehead atoms. The Bertz CT molecular complexity index is 176. The van der Waals surface area contributed by atoms with E-state index in [2.05, 4.69) is 4.98 Å². The summed E-state index contributed by atoms with van der Waals surface area (Å²) < 4.78 is 12.8. The molecule has 0 aliphatic rings. The molecule has 0 aromatic carbocycles. The van der Waals surface area contributed by atoms with Gasteiger partial charge < -0.3 is 5.73 Å². The maximum absolute atomic E-state index is 12.8. The number of hydrogen-bond donors (Lipinski definition) is 1. The summed E-state index contributed by atoms with van der Waals surface area (Å²) in [7, 11) is 0. The normalized spacial score (nSPS) is 13.4. The molecular weight excluding hydrogens is 151 g/mol. The summed E-state index contributed by atoms with van der Waals surface area (Å²) in [6.45, 7) is 0.376. The van der Waals surface area contributed by atoms with Gasteiger partial charge in [-0.1, -0.05) is 0 Å². The molecule has 1 aromatic heterocycles. The molecule has 2 N–H and O–H groups in total. The lowest BCUT2D eigenvalue weighted by Gasteiger charge is -1.99. The average molecular weight is 160 g/mol.